The van der Waals surface area contributed by atoms with E-state index < -0.39 is 8.07 Å². The summed E-state index contributed by atoms with van der Waals surface area (Å²) < 4.78 is 15.2. The van der Waals surface area contributed by atoms with Gasteiger partial charge in [0, 0.05) is 4.47 Å². The Hall–Kier alpha value is -0.153. The van der Waals surface area contributed by atoms with E-state index in [1.807, 2.05) is 26.0 Å². The zero-order chi connectivity index (χ0) is 11.8. The van der Waals surface area contributed by atoms with Gasteiger partial charge in [-0.2, -0.15) is 0 Å². The van der Waals surface area contributed by atoms with Crippen LogP contribution in [0.3, 0.4) is 0 Å². The molecule has 0 aliphatic carbocycles. The molecule has 0 aromatic heterocycles. The molecule has 0 unspecified atom stereocenters. The highest BCUT2D eigenvalue weighted by Crippen LogP contribution is 2.23. The lowest BCUT2D eigenvalue weighted by Crippen LogP contribution is -2.41. The third-order valence-corrected chi connectivity index (χ3v) is 5.51. The zero-order valence-corrected chi connectivity index (χ0v) is 12.6. The molecule has 0 atom stereocenters. The van der Waals surface area contributed by atoms with E-state index in [9.17, 15) is 4.39 Å². The molecule has 0 aliphatic heterocycles. The van der Waals surface area contributed by atoms with Crippen molar-refractivity contribution in [1.82, 2.24) is 0 Å². The molecule has 0 heterocycles. The highest BCUT2D eigenvalue weighted by atomic mass is 79.9. The van der Waals surface area contributed by atoms with E-state index in [1.165, 1.54) is 0 Å². The Bertz CT molecular complexity index is 367. The lowest BCUT2D eigenvalue weighted by molar-refractivity contribution is 0.604. The molecule has 1 aromatic carbocycles. The molecular weight excluding hydrogens is 271 g/mol. The van der Waals surface area contributed by atoms with Gasteiger partial charge in [-0.05, 0) is 22.7 Å². The Morgan fingerprint density at radius 2 is 1.73 bits per heavy atom. The highest BCUT2D eigenvalue weighted by Gasteiger charge is 2.25. The van der Waals surface area contributed by atoms with Crippen molar-refractivity contribution >= 4 is 29.2 Å². The first kappa shape index (κ1) is 12.9. The minimum atomic E-state index is -1.62. The Balaban J connectivity index is 3.44. The molecule has 3 heteroatoms. The van der Waals surface area contributed by atoms with E-state index >= 15 is 0 Å². The van der Waals surface area contributed by atoms with Crippen molar-refractivity contribution < 1.29 is 4.39 Å². The predicted molar refractivity (Wildman–Crippen MR) is 71.2 cm³/mol. The van der Waals surface area contributed by atoms with Crippen LogP contribution < -0.4 is 5.19 Å². The molecule has 0 radical (unpaired) electrons. The summed E-state index contributed by atoms with van der Waals surface area (Å²) in [6, 6.07) is 3.86. The van der Waals surface area contributed by atoms with E-state index in [2.05, 4.69) is 35.6 Å². The van der Waals surface area contributed by atoms with Crippen molar-refractivity contribution in [2.24, 2.45) is 0 Å². The van der Waals surface area contributed by atoms with Gasteiger partial charge >= 0.3 is 0 Å². The van der Waals surface area contributed by atoms with Crippen molar-refractivity contribution in [3.05, 3.63) is 28.0 Å². The lowest BCUT2D eigenvalue weighted by atomic mass is 10.0. The Morgan fingerprint density at radius 1 is 1.20 bits per heavy atom. The Kier molecular flexibility index (Phi) is 3.77. The van der Waals surface area contributed by atoms with Crippen molar-refractivity contribution in [2.45, 2.75) is 39.4 Å². The standard InChI is InChI=1S/C12H18BrFSi/c1-8(2)9-6-7-10(13)12(11(9)14)15(3,4)5/h6-8H,1-5H3. The first-order valence-corrected chi connectivity index (χ1v) is 9.53. The maximum atomic E-state index is 14.3. The maximum Gasteiger partial charge on any atom is 0.126 e. The predicted octanol–water partition coefficient (Wildman–Crippen LogP) is 4.26. The van der Waals surface area contributed by atoms with Gasteiger partial charge in [0.2, 0.25) is 0 Å². The third-order valence-electron chi connectivity index (χ3n) is 2.49. The van der Waals surface area contributed by atoms with E-state index in [4.69, 9.17) is 0 Å². The molecule has 1 aromatic rings. The molecule has 0 aliphatic rings. The van der Waals surface area contributed by atoms with Crippen molar-refractivity contribution in [1.29, 1.82) is 0 Å². The molecular formula is C12H18BrFSi. The van der Waals surface area contributed by atoms with Crippen LogP contribution >= 0.6 is 15.9 Å². The fourth-order valence-corrected chi connectivity index (χ4v) is 5.40. The fraction of sp³-hybridized carbons (Fsp3) is 0.500. The van der Waals surface area contributed by atoms with Crippen LogP contribution in [-0.2, 0) is 0 Å². The largest absolute Gasteiger partial charge is 0.207 e. The summed E-state index contributed by atoms with van der Waals surface area (Å²) in [5.74, 6) is 0.242. The number of hydrogen-bond acceptors (Lipinski definition) is 0. The van der Waals surface area contributed by atoms with E-state index in [1.54, 1.807) is 0 Å². The quantitative estimate of drug-likeness (QED) is 0.714. The van der Waals surface area contributed by atoms with Crippen LogP contribution in [0, 0.1) is 5.82 Å². The second-order valence-corrected chi connectivity index (χ2v) is 11.1. The van der Waals surface area contributed by atoms with Crippen LogP contribution in [0.2, 0.25) is 19.6 Å². The van der Waals surface area contributed by atoms with E-state index in [0.29, 0.717) is 0 Å². The van der Waals surface area contributed by atoms with Gasteiger partial charge in [0.25, 0.3) is 0 Å². The van der Waals surface area contributed by atoms with Gasteiger partial charge in [0.15, 0.2) is 0 Å². The average molecular weight is 289 g/mol. The molecule has 0 spiro atoms. The molecule has 1 rings (SSSR count). The van der Waals surface area contributed by atoms with E-state index in [0.717, 1.165) is 15.2 Å². The molecule has 0 nitrogen and oxygen atoms in total. The van der Waals surface area contributed by atoms with Gasteiger partial charge in [-0.3, -0.25) is 0 Å². The summed E-state index contributed by atoms with van der Waals surface area (Å²) in [5.41, 5.74) is 0.829. The average Bonchev–Trinajstić information content (AvgIpc) is 2.00. The molecule has 0 N–H and O–H groups in total. The van der Waals surface area contributed by atoms with Crippen LogP contribution in [-0.4, -0.2) is 8.07 Å². The first-order valence-electron chi connectivity index (χ1n) is 5.23. The van der Waals surface area contributed by atoms with Crippen LogP contribution in [0.1, 0.15) is 25.3 Å². The van der Waals surface area contributed by atoms with E-state index in [-0.39, 0.29) is 11.7 Å². The number of halogens is 2. The van der Waals surface area contributed by atoms with Crippen LogP contribution in [0.25, 0.3) is 0 Å². The Morgan fingerprint density at radius 3 is 2.13 bits per heavy atom. The molecule has 15 heavy (non-hydrogen) atoms. The second-order valence-electron chi connectivity index (χ2n) is 5.23. The summed E-state index contributed by atoms with van der Waals surface area (Å²) >= 11 is 3.46. The highest BCUT2D eigenvalue weighted by molar-refractivity contribution is 9.10. The van der Waals surface area contributed by atoms with Gasteiger partial charge in [-0.25, -0.2) is 4.39 Å². The molecule has 0 bridgehead atoms. The summed E-state index contributed by atoms with van der Waals surface area (Å²) in [5, 5.41) is 0.911. The third kappa shape index (κ3) is 2.70. The van der Waals surface area contributed by atoms with Gasteiger partial charge in [-0.15, -0.1) is 0 Å². The number of hydrogen-bond donors (Lipinski definition) is 0. The minimum absolute atomic E-state index is 0.00135. The molecule has 0 saturated carbocycles. The van der Waals surface area contributed by atoms with Crippen LogP contribution in [0.4, 0.5) is 4.39 Å². The van der Waals surface area contributed by atoms with Crippen LogP contribution in [0.5, 0.6) is 0 Å². The molecule has 84 valence electrons. The van der Waals surface area contributed by atoms with Gasteiger partial charge in [0.05, 0.1) is 8.07 Å². The Labute approximate surface area is 101 Å². The number of rotatable bonds is 2. The maximum absolute atomic E-state index is 14.3. The fourth-order valence-electron chi connectivity index (χ4n) is 1.70. The first-order chi connectivity index (χ1) is 6.75. The van der Waals surface area contributed by atoms with Gasteiger partial charge < -0.3 is 0 Å². The van der Waals surface area contributed by atoms with Crippen molar-refractivity contribution in [3.63, 3.8) is 0 Å². The topological polar surface area (TPSA) is 0 Å². The lowest BCUT2D eigenvalue weighted by Gasteiger charge is -2.22. The summed E-state index contributed by atoms with van der Waals surface area (Å²) in [4.78, 5) is 0. The SMILES string of the molecule is CC(C)c1ccc(Br)c([Si](C)(C)C)c1F. The van der Waals surface area contributed by atoms with Gasteiger partial charge in [0.1, 0.15) is 5.82 Å². The normalized spacial score (nSPS) is 12.3. The molecule has 0 saturated heterocycles. The molecule has 0 fully saturated rings. The van der Waals surface area contributed by atoms with Crippen molar-refractivity contribution in [3.8, 4) is 0 Å². The molecule has 0 amide bonds. The van der Waals surface area contributed by atoms with Crippen LogP contribution in [0.15, 0.2) is 16.6 Å². The number of benzene rings is 1. The van der Waals surface area contributed by atoms with Crippen molar-refractivity contribution in [2.75, 3.05) is 0 Å². The van der Waals surface area contributed by atoms with Gasteiger partial charge in [-0.1, -0.05) is 55.5 Å². The minimum Gasteiger partial charge on any atom is -0.207 e. The summed E-state index contributed by atoms with van der Waals surface area (Å²) in [7, 11) is -1.62. The second kappa shape index (κ2) is 4.38. The smallest absolute Gasteiger partial charge is 0.126 e. The summed E-state index contributed by atoms with van der Waals surface area (Å²) in [6.07, 6.45) is 0. The monoisotopic (exact) mass is 288 g/mol. The zero-order valence-electron chi connectivity index (χ0n) is 9.99. The summed E-state index contributed by atoms with van der Waals surface area (Å²) in [6.45, 7) is 10.6.